The van der Waals surface area contributed by atoms with Crippen molar-refractivity contribution in [1.82, 2.24) is 4.57 Å². The molecule has 0 aliphatic rings. The molecule has 26 heavy (non-hydrogen) atoms. The van der Waals surface area contributed by atoms with Gasteiger partial charge >= 0.3 is 0 Å². The third kappa shape index (κ3) is 3.18. The van der Waals surface area contributed by atoms with E-state index in [1.165, 1.54) is 27.6 Å². The van der Waals surface area contributed by atoms with Gasteiger partial charge in [-0.05, 0) is 36.6 Å². The van der Waals surface area contributed by atoms with Crippen LogP contribution < -0.4 is 0 Å². The van der Waals surface area contributed by atoms with Gasteiger partial charge in [0.05, 0.1) is 5.69 Å². The largest absolute Gasteiger partial charge is 0.342 e. The number of aromatic nitrogens is 1. The fraction of sp³-hybridized carbons (Fsp3) is 0.125. The standard InChI is InChI=1S/C24H22N2/c1-18-9-8-10-19(2)24(18)25-15-21-17-26(16-20-11-4-3-5-12-20)23-14-7-6-13-22(21)23/h3-15,17H,16H2,1-2H3. The Morgan fingerprint density at radius 3 is 2.27 bits per heavy atom. The second-order valence-electron chi connectivity index (χ2n) is 6.71. The molecule has 0 amide bonds. The molecule has 2 heteroatoms. The Morgan fingerprint density at radius 2 is 1.50 bits per heavy atom. The first kappa shape index (κ1) is 16.3. The molecule has 0 saturated heterocycles. The normalized spacial score (nSPS) is 11.5. The number of hydrogen-bond donors (Lipinski definition) is 0. The van der Waals surface area contributed by atoms with Crippen LogP contribution in [0, 0.1) is 13.8 Å². The topological polar surface area (TPSA) is 17.3 Å². The van der Waals surface area contributed by atoms with E-state index < -0.39 is 0 Å². The first-order chi connectivity index (χ1) is 12.7. The molecule has 0 radical (unpaired) electrons. The lowest BCUT2D eigenvalue weighted by molar-refractivity contribution is 0.836. The Labute approximate surface area is 154 Å². The maximum absolute atomic E-state index is 4.81. The van der Waals surface area contributed by atoms with E-state index in [1.807, 2.05) is 6.21 Å². The maximum atomic E-state index is 4.81. The van der Waals surface area contributed by atoms with Gasteiger partial charge in [0.2, 0.25) is 0 Å². The summed E-state index contributed by atoms with van der Waals surface area (Å²) in [5, 5.41) is 1.23. The van der Waals surface area contributed by atoms with Crippen LogP contribution in [0.1, 0.15) is 22.3 Å². The fourth-order valence-electron chi connectivity index (χ4n) is 3.43. The van der Waals surface area contributed by atoms with Crippen LogP contribution in [-0.2, 0) is 6.54 Å². The Balaban J connectivity index is 1.75. The Hall–Kier alpha value is -3.13. The summed E-state index contributed by atoms with van der Waals surface area (Å²) in [6.45, 7) is 5.08. The number of rotatable bonds is 4. The number of nitrogens with zero attached hydrogens (tertiary/aromatic N) is 2. The lowest BCUT2D eigenvalue weighted by Crippen LogP contribution is -1.97. The second kappa shape index (κ2) is 7.01. The highest BCUT2D eigenvalue weighted by molar-refractivity contribution is 6.00. The van der Waals surface area contributed by atoms with Crippen molar-refractivity contribution in [2.24, 2.45) is 4.99 Å². The Bertz CT molecular complexity index is 1050. The van der Waals surface area contributed by atoms with Crippen LogP contribution in [0.4, 0.5) is 5.69 Å². The van der Waals surface area contributed by atoms with Gasteiger partial charge in [0, 0.05) is 35.4 Å². The molecule has 0 fully saturated rings. The zero-order chi connectivity index (χ0) is 17.9. The van der Waals surface area contributed by atoms with Gasteiger partial charge in [0.15, 0.2) is 0 Å². The van der Waals surface area contributed by atoms with E-state index in [2.05, 4.69) is 97.4 Å². The van der Waals surface area contributed by atoms with Crippen LogP contribution in [0.2, 0.25) is 0 Å². The molecule has 128 valence electrons. The van der Waals surface area contributed by atoms with Gasteiger partial charge in [-0.1, -0.05) is 66.7 Å². The van der Waals surface area contributed by atoms with E-state index in [9.17, 15) is 0 Å². The van der Waals surface area contributed by atoms with Gasteiger partial charge in [0.25, 0.3) is 0 Å². The smallest absolute Gasteiger partial charge is 0.0688 e. The van der Waals surface area contributed by atoms with Gasteiger partial charge in [-0.25, -0.2) is 0 Å². The molecule has 0 aliphatic heterocycles. The minimum atomic E-state index is 0.860. The average molecular weight is 338 g/mol. The zero-order valence-electron chi connectivity index (χ0n) is 15.2. The lowest BCUT2D eigenvalue weighted by atomic mass is 10.1. The predicted octanol–water partition coefficient (Wildman–Crippen LogP) is 6.06. The van der Waals surface area contributed by atoms with Crippen LogP contribution in [0.25, 0.3) is 10.9 Å². The monoisotopic (exact) mass is 338 g/mol. The molecule has 0 unspecified atom stereocenters. The first-order valence-electron chi connectivity index (χ1n) is 8.94. The molecule has 0 atom stereocenters. The number of aliphatic imine (C=N–C) groups is 1. The van der Waals surface area contributed by atoms with E-state index in [0.717, 1.165) is 17.8 Å². The third-order valence-corrected chi connectivity index (χ3v) is 4.79. The number of benzene rings is 3. The van der Waals surface area contributed by atoms with Crippen LogP contribution >= 0.6 is 0 Å². The van der Waals surface area contributed by atoms with Crippen LogP contribution in [0.5, 0.6) is 0 Å². The molecule has 0 aliphatic carbocycles. The molecule has 1 aromatic heterocycles. The van der Waals surface area contributed by atoms with Gasteiger partial charge in [-0.15, -0.1) is 0 Å². The van der Waals surface area contributed by atoms with Crippen molar-refractivity contribution in [3.63, 3.8) is 0 Å². The van der Waals surface area contributed by atoms with Crippen molar-refractivity contribution in [2.75, 3.05) is 0 Å². The van der Waals surface area contributed by atoms with Gasteiger partial charge < -0.3 is 4.57 Å². The van der Waals surface area contributed by atoms with Crippen LogP contribution in [0.3, 0.4) is 0 Å². The Kier molecular flexibility index (Phi) is 4.40. The minimum Gasteiger partial charge on any atom is -0.342 e. The highest BCUT2D eigenvalue weighted by Gasteiger charge is 2.07. The van der Waals surface area contributed by atoms with E-state index in [-0.39, 0.29) is 0 Å². The summed E-state index contributed by atoms with van der Waals surface area (Å²) < 4.78 is 2.30. The molecule has 1 heterocycles. The average Bonchev–Trinajstić information content (AvgIpc) is 3.00. The quantitative estimate of drug-likeness (QED) is 0.403. The van der Waals surface area contributed by atoms with E-state index >= 15 is 0 Å². The highest BCUT2D eigenvalue weighted by Crippen LogP contribution is 2.25. The molecule has 3 aromatic carbocycles. The number of aryl methyl sites for hydroxylation is 2. The minimum absolute atomic E-state index is 0.860. The zero-order valence-corrected chi connectivity index (χ0v) is 15.2. The summed E-state index contributed by atoms with van der Waals surface area (Å²) in [6.07, 6.45) is 4.20. The van der Waals surface area contributed by atoms with Crippen molar-refractivity contribution in [2.45, 2.75) is 20.4 Å². The number of fused-ring (bicyclic) bond motifs is 1. The summed E-state index contributed by atoms with van der Waals surface area (Å²) in [7, 11) is 0. The van der Waals surface area contributed by atoms with Crippen molar-refractivity contribution in [1.29, 1.82) is 0 Å². The molecule has 0 N–H and O–H groups in total. The second-order valence-corrected chi connectivity index (χ2v) is 6.71. The first-order valence-corrected chi connectivity index (χ1v) is 8.94. The van der Waals surface area contributed by atoms with Gasteiger partial charge in [-0.3, -0.25) is 4.99 Å². The summed E-state index contributed by atoms with van der Waals surface area (Å²) in [5.74, 6) is 0. The molecule has 4 rings (SSSR count). The molecule has 0 bridgehead atoms. The molecule has 0 saturated carbocycles. The molecular formula is C24H22N2. The van der Waals surface area contributed by atoms with Gasteiger partial charge in [-0.2, -0.15) is 0 Å². The van der Waals surface area contributed by atoms with Crippen LogP contribution in [-0.4, -0.2) is 10.8 Å². The SMILES string of the molecule is Cc1cccc(C)c1N=Cc1cn(Cc2ccccc2)c2ccccc12. The third-order valence-electron chi connectivity index (χ3n) is 4.79. The summed E-state index contributed by atoms with van der Waals surface area (Å²) in [4.78, 5) is 4.81. The van der Waals surface area contributed by atoms with E-state index in [0.29, 0.717) is 0 Å². The summed E-state index contributed by atoms with van der Waals surface area (Å²) >= 11 is 0. The van der Waals surface area contributed by atoms with Crippen LogP contribution in [0.15, 0.2) is 84.0 Å². The van der Waals surface area contributed by atoms with Gasteiger partial charge in [0.1, 0.15) is 0 Å². The maximum Gasteiger partial charge on any atom is 0.0688 e. The van der Waals surface area contributed by atoms with Crippen molar-refractivity contribution < 1.29 is 0 Å². The van der Waals surface area contributed by atoms with Crippen molar-refractivity contribution in [3.8, 4) is 0 Å². The molecule has 2 nitrogen and oxygen atoms in total. The van der Waals surface area contributed by atoms with E-state index in [4.69, 9.17) is 4.99 Å². The summed E-state index contributed by atoms with van der Waals surface area (Å²) in [6, 6.07) is 25.4. The molecular weight excluding hydrogens is 316 g/mol. The molecule has 0 spiro atoms. The number of hydrogen-bond acceptors (Lipinski definition) is 1. The number of para-hydroxylation sites is 2. The Morgan fingerprint density at radius 1 is 0.808 bits per heavy atom. The van der Waals surface area contributed by atoms with Crippen molar-refractivity contribution >= 4 is 22.8 Å². The predicted molar refractivity (Wildman–Crippen MR) is 111 cm³/mol. The highest BCUT2D eigenvalue weighted by atomic mass is 15.0. The fourth-order valence-corrected chi connectivity index (χ4v) is 3.43. The molecule has 4 aromatic rings. The van der Waals surface area contributed by atoms with Crippen molar-refractivity contribution in [3.05, 3.63) is 101 Å². The summed E-state index contributed by atoms with van der Waals surface area (Å²) in [5.41, 5.74) is 7.15. The van der Waals surface area contributed by atoms with E-state index in [1.54, 1.807) is 0 Å². The lowest BCUT2D eigenvalue weighted by Gasteiger charge is -2.05.